The third-order valence-electron chi connectivity index (χ3n) is 9.18. The fourth-order valence-corrected chi connectivity index (χ4v) is 7.24. The highest BCUT2D eigenvalue weighted by Gasteiger charge is 2.59. The molecule has 5 rings (SSSR count). The Bertz CT molecular complexity index is 1150. The molecule has 2 amide bonds. The molecule has 0 spiro atoms. The number of hydrogen-bond acceptors (Lipinski definition) is 7. The Labute approximate surface area is 231 Å². The van der Waals surface area contributed by atoms with Crippen LogP contribution < -0.4 is 0 Å². The number of amides is 2. The van der Waals surface area contributed by atoms with Crippen molar-refractivity contribution in [2.75, 3.05) is 46.6 Å². The van der Waals surface area contributed by atoms with E-state index in [1.807, 2.05) is 0 Å². The first-order valence-corrected chi connectivity index (χ1v) is 13.9. The van der Waals surface area contributed by atoms with E-state index in [0.717, 1.165) is 31.5 Å². The average Bonchev–Trinajstić information content (AvgIpc) is 3.45. The molecule has 4 heterocycles. The lowest BCUT2D eigenvalue weighted by molar-refractivity contribution is -0.151. The van der Waals surface area contributed by atoms with Gasteiger partial charge in [0.2, 0.25) is 5.91 Å². The molecule has 40 heavy (non-hydrogen) atoms. The number of alkyl halides is 3. The van der Waals surface area contributed by atoms with Crippen LogP contribution in [0.2, 0.25) is 0 Å². The normalized spacial score (nSPS) is 30.1. The molecule has 12 heteroatoms. The Morgan fingerprint density at radius 2 is 2.05 bits per heavy atom. The van der Waals surface area contributed by atoms with Gasteiger partial charge in [-0.25, -0.2) is 0 Å². The van der Waals surface area contributed by atoms with Crippen molar-refractivity contribution in [1.29, 1.82) is 0 Å². The molecule has 1 saturated carbocycles. The van der Waals surface area contributed by atoms with Crippen LogP contribution in [-0.2, 0) is 47.7 Å². The van der Waals surface area contributed by atoms with Crippen molar-refractivity contribution in [2.45, 2.75) is 57.9 Å². The van der Waals surface area contributed by atoms with Crippen LogP contribution in [0.4, 0.5) is 13.2 Å². The Kier molecular flexibility index (Phi) is 8.11. The lowest BCUT2D eigenvalue weighted by atomic mass is 9.78. The molecule has 0 radical (unpaired) electrons. The van der Waals surface area contributed by atoms with Crippen LogP contribution in [-0.4, -0.2) is 85.2 Å². The van der Waals surface area contributed by atoms with Gasteiger partial charge in [0, 0.05) is 65.1 Å². The van der Waals surface area contributed by atoms with E-state index in [2.05, 4.69) is 4.98 Å². The maximum atomic E-state index is 14.3. The van der Waals surface area contributed by atoms with E-state index in [4.69, 9.17) is 14.2 Å². The smallest absolute Gasteiger partial charge is 0.417 e. The van der Waals surface area contributed by atoms with Crippen LogP contribution in [0.15, 0.2) is 12.3 Å². The number of pyridine rings is 1. The third kappa shape index (κ3) is 5.70. The fraction of sp³-hybridized carbons (Fsp3) is 0.714. The Morgan fingerprint density at radius 3 is 2.77 bits per heavy atom. The van der Waals surface area contributed by atoms with Crippen LogP contribution in [0.3, 0.4) is 0 Å². The van der Waals surface area contributed by atoms with Gasteiger partial charge in [-0.1, -0.05) is 0 Å². The van der Waals surface area contributed by atoms with Gasteiger partial charge >= 0.3 is 12.1 Å². The summed E-state index contributed by atoms with van der Waals surface area (Å²) in [6, 6.07) is 1.09. The molecule has 1 aliphatic carbocycles. The van der Waals surface area contributed by atoms with Crippen molar-refractivity contribution in [2.24, 2.45) is 23.2 Å². The number of hydrogen-bond donors (Lipinski definition) is 0. The number of methoxy groups -OCH3 is 1. The van der Waals surface area contributed by atoms with Crippen LogP contribution in [0.25, 0.3) is 0 Å². The molecule has 3 aliphatic heterocycles. The molecule has 0 aromatic carbocycles. The van der Waals surface area contributed by atoms with Crippen LogP contribution in [0.5, 0.6) is 0 Å². The highest BCUT2D eigenvalue weighted by Crippen LogP contribution is 2.54. The number of carbonyl (C=O) groups excluding carboxylic acids is 3. The summed E-state index contributed by atoms with van der Waals surface area (Å²) in [6.45, 7) is 3.07. The average molecular weight is 568 g/mol. The lowest BCUT2D eigenvalue weighted by Crippen LogP contribution is -2.49. The van der Waals surface area contributed by atoms with Crippen molar-refractivity contribution in [1.82, 2.24) is 14.8 Å². The summed E-state index contributed by atoms with van der Waals surface area (Å²) >= 11 is 0. The van der Waals surface area contributed by atoms with E-state index >= 15 is 0 Å². The molecule has 3 fully saturated rings. The summed E-state index contributed by atoms with van der Waals surface area (Å²) in [5, 5.41) is 0. The second-order valence-electron chi connectivity index (χ2n) is 11.7. The molecule has 5 atom stereocenters. The summed E-state index contributed by atoms with van der Waals surface area (Å²) in [5.41, 5.74) is -0.686. The number of esters is 1. The van der Waals surface area contributed by atoms with Gasteiger partial charge in [-0.05, 0) is 55.1 Å². The Balaban J connectivity index is 1.36. The predicted molar refractivity (Wildman–Crippen MR) is 135 cm³/mol. The zero-order chi connectivity index (χ0) is 28.7. The van der Waals surface area contributed by atoms with Crippen LogP contribution in [0.1, 0.15) is 49.4 Å². The minimum absolute atomic E-state index is 0.00317. The molecule has 4 aliphatic rings. The molecular weight excluding hydrogens is 531 g/mol. The van der Waals surface area contributed by atoms with Gasteiger partial charge in [-0.2, -0.15) is 13.2 Å². The number of fused-ring (bicyclic) bond motifs is 2. The number of halogens is 3. The maximum absolute atomic E-state index is 14.3. The van der Waals surface area contributed by atoms with Gasteiger partial charge in [-0.15, -0.1) is 0 Å². The van der Waals surface area contributed by atoms with Crippen molar-refractivity contribution >= 4 is 17.8 Å². The molecule has 2 saturated heterocycles. The first-order chi connectivity index (χ1) is 19.0. The van der Waals surface area contributed by atoms with Gasteiger partial charge in [0.05, 0.1) is 23.7 Å². The minimum Gasteiger partial charge on any atom is -0.456 e. The number of likely N-dealkylation sites (tertiary alicyclic amines) is 1. The maximum Gasteiger partial charge on any atom is 0.417 e. The van der Waals surface area contributed by atoms with Crippen LogP contribution >= 0.6 is 0 Å². The Hall–Kier alpha value is -2.73. The summed E-state index contributed by atoms with van der Waals surface area (Å²) in [7, 11) is 1.68. The standard InChI is InChI=1S/C28H36F3N3O6/c1-17(35)40-15-25(36)34-13-22-8-18(7-19-4-6-39-14-24(19)38-2)10-27(22,16-34)26(37)33-5-3-23-20(12-33)9-21(11-32-23)28(29,30)31/h9,11,18-19,22,24H,3-8,10,12-16H2,1-2H3/t18-,19?,22+,24?,27+/m1/s1. The largest absolute Gasteiger partial charge is 0.456 e. The van der Waals surface area contributed by atoms with Gasteiger partial charge in [0.1, 0.15) is 0 Å². The van der Waals surface area contributed by atoms with E-state index in [0.29, 0.717) is 56.3 Å². The first-order valence-electron chi connectivity index (χ1n) is 13.9. The predicted octanol–water partition coefficient (Wildman–Crippen LogP) is 2.84. The van der Waals surface area contributed by atoms with Gasteiger partial charge in [0.25, 0.3) is 5.91 Å². The zero-order valence-corrected chi connectivity index (χ0v) is 22.9. The van der Waals surface area contributed by atoms with Crippen molar-refractivity contribution in [3.05, 3.63) is 29.1 Å². The molecule has 220 valence electrons. The monoisotopic (exact) mass is 567 g/mol. The second-order valence-corrected chi connectivity index (χ2v) is 11.7. The van der Waals surface area contributed by atoms with Gasteiger partial charge < -0.3 is 24.0 Å². The van der Waals surface area contributed by atoms with Crippen molar-refractivity contribution in [3.8, 4) is 0 Å². The zero-order valence-electron chi connectivity index (χ0n) is 22.9. The second kappa shape index (κ2) is 11.3. The highest BCUT2D eigenvalue weighted by atomic mass is 19.4. The number of rotatable bonds is 6. The summed E-state index contributed by atoms with van der Waals surface area (Å²) < 4.78 is 56.2. The van der Waals surface area contributed by atoms with Crippen LogP contribution in [0, 0.1) is 23.2 Å². The summed E-state index contributed by atoms with van der Waals surface area (Å²) in [6.07, 6.45) is -0.184. The van der Waals surface area contributed by atoms with E-state index in [9.17, 15) is 27.6 Å². The Morgan fingerprint density at radius 1 is 1.25 bits per heavy atom. The highest BCUT2D eigenvalue weighted by molar-refractivity contribution is 5.87. The first kappa shape index (κ1) is 28.8. The van der Waals surface area contributed by atoms with Crippen molar-refractivity contribution in [3.63, 3.8) is 0 Å². The number of carbonyl (C=O) groups is 3. The number of aromatic nitrogens is 1. The number of nitrogens with zero attached hydrogens (tertiary/aromatic N) is 3. The molecule has 0 bridgehead atoms. The van der Waals surface area contributed by atoms with Crippen molar-refractivity contribution < 1.29 is 41.8 Å². The SMILES string of the molecule is COC1COCCC1C[C@@H]1C[C@H]2CN(C(=O)COC(C)=O)C[C@@]2(C(=O)N2CCc3ncc(C(F)(F)F)cc3C2)C1. The van der Waals surface area contributed by atoms with E-state index in [1.165, 1.54) is 6.92 Å². The lowest BCUT2D eigenvalue weighted by Gasteiger charge is -2.37. The van der Waals surface area contributed by atoms with E-state index in [1.54, 1.807) is 16.9 Å². The number of ether oxygens (including phenoxy) is 3. The molecule has 1 aromatic heterocycles. The fourth-order valence-electron chi connectivity index (χ4n) is 7.24. The minimum atomic E-state index is -4.52. The molecule has 0 N–H and O–H groups in total. The van der Waals surface area contributed by atoms with E-state index in [-0.39, 0.29) is 49.5 Å². The topological polar surface area (TPSA) is 98.3 Å². The molecule has 2 unspecified atom stereocenters. The van der Waals surface area contributed by atoms with E-state index < -0.39 is 23.1 Å². The quantitative estimate of drug-likeness (QED) is 0.488. The van der Waals surface area contributed by atoms with Gasteiger partial charge in [-0.3, -0.25) is 19.4 Å². The molecule has 1 aromatic rings. The third-order valence-corrected chi connectivity index (χ3v) is 9.18. The molecular formula is C28H36F3N3O6. The van der Waals surface area contributed by atoms with Gasteiger partial charge in [0.15, 0.2) is 6.61 Å². The molecule has 9 nitrogen and oxygen atoms in total. The summed E-state index contributed by atoms with van der Waals surface area (Å²) in [5.74, 6) is -0.558. The summed E-state index contributed by atoms with van der Waals surface area (Å²) in [4.78, 5) is 45.7.